The topological polar surface area (TPSA) is 20.2 Å². The van der Waals surface area contributed by atoms with E-state index in [2.05, 4.69) is 0 Å². The summed E-state index contributed by atoms with van der Waals surface area (Å²) in [6, 6.07) is 5.74. The maximum absolute atomic E-state index is 10.4. The molecule has 1 N–H and O–H groups in total. The van der Waals surface area contributed by atoms with Gasteiger partial charge in [-0.05, 0) is 49.8 Å². The summed E-state index contributed by atoms with van der Waals surface area (Å²) in [7, 11) is 0. The zero-order valence-electron chi connectivity index (χ0n) is 8.55. The summed E-state index contributed by atoms with van der Waals surface area (Å²) < 4.78 is 0. The predicted molar refractivity (Wildman–Crippen MR) is 58.5 cm³/mol. The van der Waals surface area contributed by atoms with Gasteiger partial charge in [-0.2, -0.15) is 0 Å². The molecule has 0 radical (unpaired) electrons. The van der Waals surface area contributed by atoms with Crippen LogP contribution in [0.5, 0.6) is 0 Å². The van der Waals surface area contributed by atoms with Crippen molar-refractivity contribution in [2.75, 3.05) is 0 Å². The first kappa shape index (κ1) is 10.0. The lowest BCUT2D eigenvalue weighted by atomic mass is 9.88. The van der Waals surface area contributed by atoms with Crippen molar-refractivity contribution >= 4 is 11.6 Å². The van der Waals surface area contributed by atoms with Crippen LogP contribution in [-0.2, 0) is 5.60 Å². The van der Waals surface area contributed by atoms with Gasteiger partial charge < -0.3 is 5.11 Å². The van der Waals surface area contributed by atoms with Gasteiger partial charge in [0.15, 0.2) is 0 Å². The van der Waals surface area contributed by atoms with Crippen molar-refractivity contribution in [1.29, 1.82) is 0 Å². The molecule has 0 spiro atoms. The molecule has 1 fully saturated rings. The van der Waals surface area contributed by atoms with Gasteiger partial charge in [0.25, 0.3) is 0 Å². The Kier molecular flexibility index (Phi) is 2.32. The fourth-order valence-electron chi connectivity index (χ4n) is 2.02. The van der Waals surface area contributed by atoms with Crippen LogP contribution in [0.4, 0.5) is 0 Å². The lowest BCUT2D eigenvalue weighted by molar-refractivity contribution is 0.0325. The molecule has 1 aliphatic carbocycles. The van der Waals surface area contributed by atoms with Crippen LogP contribution in [0.25, 0.3) is 0 Å². The standard InChI is InChI=1S/C12H15ClO/c1-8-10(4-3-5-11(8)13)12(2,14)9-6-7-9/h3-5,9,14H,6-7H2,1-2H3. The van der Waals surface area contributed by atoms with E-state index in [4.69, 9.17) is 11.6 Å². The van der Waals surface area contributed by atoms with E-state index in [9.17, 15) is 5.11 Å². The molecule has 2 rings (SSSR count). The van der Waals surface area contributed by atoms with E-state index in [-0.39, 0.29) is 0 Å². The van der Waals surface area contributed by atoms with Gasteiger partial charge in [0.2, 0.25) is 0 Å². The first-order valence-corrected chi connectivity index (χ1v) is 5.39. The second-order valence-electron chi connectivity index (χ2n) is 4.33. The molecule has 1 aliphatic rings. The Balaban J connectivity index is 2.44. The molecule has 0 bridgehead atoms. The van der Waals surface area contributed by atoms with Gasteiger partial charge >= 0.3 is 0 Å². The van der Waals surface area contributed by atoms with E-state index in [0.29, 0.717) is 5.92 Å². The van der Waals surface area contributed by atoms with Gasteiger partial charge in [0, 0.05) is 5.02 Å². The Morgan fingerprint density at radius 1 is 1.43 bits per heavy atom. The zero-order chi connectivity index (χ0) is 10.3. The van der Waals surface area contributed by atoms with Gasteiger partial charge in [-0.1, -0.05) is 23.7 Å². The summed E-state index contributed by atoms with van der Waals surface area (Å²) in [4.78, 5) is 0. The molecule has 1 aromatic carbocycles. The molecule has 1 nitrogen and oxygen atoms in total. The van der Waals surface area contributed by atoms with Crippen LogP contribution < -0.4 is 0 Å². The van der Waals surface area contributed by atoms with Crippen LogP contribution in [-0.4, -0.2) is 5.11 Å². The zero-order valence-corrected chi connectivity index (χ0v) is 9.30. The average Bonchev–Trinajstić information content (AvgIpc) is 2.92. The van der Waals surface area contributed by atoms with Gasteiger partial charge in [-0.15, -0.1) is 0 Å². The van der Waals surface area contributed by atoms with Crippen LogP contribution in [0.1, 0.15) is 30.9 Å². The summed E-state index contributed by atoms with van der Waals surface area (Å²) in [6.07, 6.45) is 2.25. The van der Waals surface area contributed by atoms with E-state index in [1.165, 1.54) is 0 Å². The van der Waals surface area contributed by atoms with Crippen LogP contribution in [0.2, 0.25) is 5.02 Å². The Bertz CT molecular complexity index is 353. The highest BCUT2D eigenvalue weighted by atomic mass is 35.5. The van der Waals surface area contributed by atoms with Gasteiger partial charge in [-0.25, -0.2) is 0 Å². The van der Waals surface area contributed by atoms with Crippen molar-refractivity contribution in [2.45, 2.75) is 32.3 Å². The first-order valence-electron chi connectivity index (χ1n) is 5.01. The van der Waals surface area contributed by atoms with Crippen molar-refractivity contribution in [2.24, 2.45) is 5.92 Å². The lowest BCUT2D eigenvalue weighted by Crippen LogP contribution is -2.24. The molecule has 1 aromatic rings. The van der Waals surface area contributed by atoms with Gasteiger partial charge in [-0.3, -0.25) is 0 Å². The predicted octanol–water partition coefficient (Wildman–Crippen LogP) is 3.27. The minimum atomic E-state index is -0.699. The van der Waals surface area contributed by atoms with Crippen LogP contribution in [0.3, 0.4) is 0 Å². The molecule has 0 amide bonds. The quantitative estimate of drug-likeness (QED) is 0.795. The molecule has 2 heteroatoms. The Morgan fingerprint density at radius 3 is 2.64 bits per heavy atom. The Labute approximate surface area is 89.7 Å². The summed E-state index contributed by atoms with van der Waals surface area (Å²) >= 11 is 6.03. The van der Waals surface area contributed by atoms with E-state index in [0.717, 1.165) is 29.0 Å². The number of hydrogen-bond acceptors (Lipinski definition) is 1. The molecule has 1 unspecified atom stereocenters. The molecular weight excluding hydrogens is 196 g/mol. The monoisotopic (exact) mass is 210 g/mol. The van der Waals surface area contributed by atoms with Crippen molar-refractivity contribution in [3.05, 3.63) is 34.3 Å². The summed E-state index contributed by atoms with van der Waals surface area (Å²) in [5.41, 5.74) is 1.29. The third kappa shape index (κ3) is 1.55. The fourth-order valence-corrected chi connectivity index (χ4v) is 2.20. The molecule has 0 aromatic heterocycles. The van der Waals surface area contributed by atoms with Gasteiger partial charge in [0.05, 0.1) is 5.60 Å². The molecule has 0 heterocycles. The molecule has 1 atom stereocenters. The Hall–Kier alpha value is -0.530. The second-order valence-corrected chi connectivity index (χ2v) is 4.74. The molecule has 14 heavy (non-hydrogen) atoms. The minimum Gasteiger partial charge on any atom is -0.385 e. The largest absolute Gasteiger partial charge is 0.385 e. The molecule has 0 saturated heterocycles. The van der Waals surface area contributed by atoms with Crippen molar-refractivity contribution in [3.8, 4) is 0 Å². The first-order chi connectivity index (χ1) is 6.53. The maximum Gasteiger partial charge on any atom is 0.0899 e. The maximum atomic E-state index is 10.4. The SMILES string of the molecule is Cc1c(Cl)cccc1C(C)(O)C1CC1. The smallest absolute Gasteiger partial charge is 0.0899 e. The lowest BCUT2D eigenvalue weighted by Gasteiger charge is -2.25. The number of halogens is 1. The third-order valence-corrected chi connectivity index (χ3v) is 3.59. The normalized spacial score (nSPS) is 20.6. The summed E-state index contributed by atoms with van der Waals surface area (Å²) in [6.45, 7) is 3.86. The fraction of sp³-hybridized carbons (Fsp3) is 0.500. The van der Waals surface area contributed by atoms with E-state index in [1.807, 2.05) is 32.0 Å². The number of rotatable bonds is 2. The van der Waals surface area contributed by atoms with Gasteiger partial charge in [0.1, 0.15) is 0 Å². The number of hydrogen-bond donors (Lipinski definition) is 1. The van der Waals surface area contributed by atoms with Crippen LogP contribution in [0, 0.1) is 12.8 Å². The summed E-state index contributed by atoms with van der Waals surface area (Å²) in [5.74, 6) is 0.416. The van der Waals surface area contributed by atoms with E-state index in [1.54, 1.807) is 0 Å². The molecule has 0 aliphatic heterocycles. The van der Waals surface area contributed by atoms with Crippen LogP contribution >= 0.6 is 11.6 Å². The van der Waals surface area contributed by atoms with Crippen molar-refractivity contribution in [3.63, 3.8) is 0 Å². The van der Waals surface area contributed by atoms with E-state index >= 15 is 0 Å². The molecular formula is C12H15ClO. The Morgan fingerprint density at radius 2 is 2.07 bits per heavy atom. The third-order valence-electron chi connectivity index (χ3n) is 3.19. The van der Waals surface area contributed by atoms with Crippen LogP contribution in [0.15, 0.2) is 18.2 Å². The van der Waals surface area contributed by atoms with E-state index < -0.39 is 5.60 Å². The van der Waals surface area contributed by atoms with Crippen molar-refractivity contribution in [1.82, 2.24) is 0 Å². The molecule has 76 valence electrons. The average molecular weight is 211 g/mol. The minimum absolute atomic E-state index is 0.416. The number of benzene rings is 1. The summed E-state index contributed by atoms with van der Waals surface area (Å²) in [5, 5.41) is 11.1. The highest BCUT2D eigenvalue weighted by Gasteiger charge is 2.41. The molecule has 1 saturated carbocycles. The second kappa shape index (κ2) is 3.25. The highest BCUT2D eigenvalue weighted by Crippen LogP contribution is 2.46. The highest BCUT2D eigenvalue weighted by molar-refractivity contribution is 6.31. The van der Waals surface area contributed by atoms with Crippen molar-refractivity contribution < 1.29 is 5.11 Å². The number of aliphatic hydroxyl groups is 1.